The molecule has 0 amide bonds. The number of halogens is 1. The molecule has 1 atom stereocenters. The van der Waals surface area contributed by atoms with E-state index in [1.807, 2.05) is 0 Å². The van der Waals surface area contributed by atoms with E-state index in [1.54, 1.807) is 0 Å². The van der Waals surface area contributed by atoms with E-state index >= 15 is 0 Å². The van der Waals surface area contributed by atoms with Crippen LogP contribution in [0.15, 0.2) is 28.7 Å². The van der Waals surface area contributed by atoms with Gasteiger partial charge < -0.3 is 5.32 Å². The predicted molar refractivity (Wildman–Crippen MR) is 94.6 cm³/mol. The number of benzene rings is 1. The first-order chi connectivity index (χ1) is 9.78. The van der Waals surface area contributed by atoms with Crippen LogP contribution in [0.25, 0.3) is 0 Å². The summed E-state index contributed by atoms with van der Waals surface area (Å²) in [6, 6.07) is 9.39. The van der Waals surface area contributed by atoms with E-state index in [4.69, 9.17) is 0 Å². The largest absolute Gasteiger partial charge is 0.313 e. The summed E-state index contributed by atoms with van der Waals surface area (Å²) >= 11 is 5.70. The Labute approximate surface area is 136 Å². The maximum Gasteiger partial charge on any atom is 0.0198 e. The second kappa shape index (κ2) is 9.11. The molecule has 1 aliphatic carbocycles. The number of rotatable bonds is 8. The molecule has 0 heterocycles. The van der Waals surface area contributed by atoms with Crippen LogP contribution in [0.2, 0.25) is 0 Å². The third-order valence-electron chi connectivity index (χ3n) is 3.91. The summed E-state index contributed by atoms with van der Waals surface area (Å²) in [7, 11) is 0. The van der Waals surface area contributed by atoms with Gasteiger partial charge in [0.1, 0.15) is 0 Å². The van der Waals surface area contributed by atoms with Crippen molar-refractivity contribution in [3.05, 3.63) is 34.3 Å². The zero-order chi connectivity index (χ0) is 14.2. The van der Waals surface area contributed by atoms with Crippen molar-refractivity contribution >= 4 is 27.7 Å². The number of nitrogens with one attached hydrogen (secondary N) is 1. The van der Waals surface area contributed by atoms with Gasteiger partial charge in [-0.2, -0.15) is 11.8 Å². The molecule has 1 N–H and O–H groups in total. The molecule has 1 unspecified atom stereocenters. The second-order valence-electron chi connectivity index (χ2n) is 5.72. The Hall–Kier alpha value is 0.01000. The molecule has 1 aromatic carbocycles. The molecule has 0 bridgehead atoms. The van der Waals surface area contributed by atoms with Gasteiger partial charge in [0.25, 0.3) is 0 Å². The Morgan fingerprint density at radius 1 is 1.25 bits per heavy atom. The standard InChI is InChI=1S/C17H26BrNS/c1-2-11-19-16(13-20-17-5-3-4-6-17)12-14-7-9-15(18)10-8-14/h7-10,16-17,19H,2-6,11-13H2,1H3. The molecule has 2 rings (SSSR count). The van der Waals surface area contributed by atoms with E-state index < -0.39 is 0 Å². The summed E-state index contributed by atoms with van der Waals surface area (Å²) in [5, 5.41) is 4.65. The number of hydrogen-bond donors (Lipinski definition) is 1. The summed E-state index contributed by atoms with van der Waals surface area (Å²) in [5.74, 6) is 1.25. The lowest BCUT2D eigenvalue weighted by Gasteiger charge is -2.20. The minimum absolute atomic E-state index is 0.613. The molecule has 20 heavy (non-hydrogen) atoms. The molecule has 3 heteroatoms. The van der Waals surface area contributed by atoms with Crippen molar-refractivity contribution in [2.75, 3.05) is 12.3 Å². The predicted octanol–water partition coefficient (Wildman–Crippen LogP) is 5.04. The highest BCUT2D eigenvalue weighted by atomic mass is 79.9. The third kappa shape index (κ3) is 5.79. The lowest BCUT2D eigenvalue weighted by Crippen LogP contribution is -2.34. The van der Waals surface area contributed by atoms with Gasteiger partial charge >= 0.3 is 0 Å². The molecule has 0 aromatic heterocycles. The lowest BCUT2D eigenvalue weighted by atomic mass is 10.1. The van der Waals surface area contributed by atoms with Crippen molar-refractivity contribution in [2.45, 2.75) is 56.7 Å². The minimum Gasteiger partial charge on any atom is -0.313 e. The molecule has 1 fully saturated rings. The first-order valence-corrected chi connectivity index (χ1v) is 9.71. The van der Waals surface area contributed by atoms with Gasteiger partial charge in [0.15, 0.2) is 0 Å². The van der Waals surface area contributed by atoms with Crippen molar-refractivity contribution in [1.29, 1.82) is 0 Å². The molecule has 1 nitrogen and oxygen atoms in total. The highest BCUT2D eigenvalue weighted by Crippen LogP contribution is 2.30. The van der Waals surface area contributed by atoms with Crippen molar-refractivity contribution in [3.8, 4) is 0 Å². The second-order valence-corrected chi connectivity index (χ2v) is 7.97. The van der Waals surface area contributed by atoms with Crippen LogP contribution in [0.1, 0.15) is 44.6 Å². The monoisotopic (exact) mass is 355 g/mol. The Morgan fingerprint density at radius 2 is 1.95 bits per heavy atom. The van der Waals surface area contributed by atoms with Gasteiger partial charge in [-0.1, -0.05) is 47.8 Å². The summed E-state index contributed by atoms with van der Waals surface area (Å²) in [4.78, 5) is 0. The fourth-order valence-corrected chi connectivity index (χ4v) is 4.42. The van der Waals surface area contributed by atoms with E-state index in [-0.39, 0.29) is 0 Å². The number of hydrogen-bond acceptors (Lipinski definition) is 2. The van der Waals surface area contributed by atoms with Crippen LogP contribution >= 0.6 is 27.7 Å². The molecular weight excluding hydrogens is 330 g/mol. The zero-order valence-corrected chi connectivity index (χ0v) is 14.8. The Kier molecular flexibility index (Phi) is 7.47. The van der Waals surface area contributed by atoms with E-state index in [2.05, 4.69) is 64.2 Å². The molecule has 1 aliphatic rings. The van der Waals surface area contributed by atoms with Crippen molar-refractivity contribution < 1.29 is 0 Å². The number of thioether (sulfide) groups is 1. The van der Waals surface area contributed by atoms with E-state index in [0.29, 0.717) is 6.04 Å². The van der Waals surface area contributed by atoms with Crippen molar-refractivity contribution in [3.63, 3.8) is 0 Å². The summed E-state index contributed by atoms with van der Waals surface area (Å²) in [5.41, 5.74) is 1.44. The highest BCUT2D eigenvalue weighted by Gasteiger charge is 2.17. The molecule has 0 saturated heterocycles. The molecule has 0 spiro atoms. The third-order valence-corrected chi connectivity index (χ3v) is 5.98. The van der Waals surface area contributed by atoms with E-state index in [1.165, 1.54) is 47.9 Å². The van der Waals surface area contributed by atoms with Crippen LogP contribution in [0.3, 0.4) is 0 Å². The Morgan fingerprint density at radius 3 is 2.60 bits per heavy atom. The van der Waals surface area contributed by atoms with Crippen LogP contribution < -0.4 is 5.32 Å². The lowest BCUT2D eigenvalue weighted by molar-refractivity contribution is 0.549. The smallest absolute Gasteiger partial charge is 0.0198 e. The molecule has 1 saturated carbocycles. The van der Waals surface area contributed by atoms with Crippen LogP contribution in [-0.4, -0.2) is 23.6 Å². The van der Waals surface area contributed by atoms with Crippen LogP contribution in [0.5, 0.6) is 0 Å². The van der Waals surface area contributed by atoms with Crippen molar-refractivity contribution in [1.82, 2.24) is 5.32 Å². The SMILES string of the molecule is CCCNC(CSC1CCCC1)Cc1ccc(Br)cc1. The molecule has 1 aromatic rings. The molecule has 112 valence electrons. The van der Waals surface area contributed by atoms with E-state index in [9.17, 15) is 0 Å². The molecule has 0 aliphatic heterocycles. The van der Waals surface area contributed by atoms with Crippen LogP contribution in [0, 0.1) is 0 Å². The highest BCUT2D eigenvalue weighted by molar-refractivity contribution is 9.10. The quantitative estimate of drug-likeness (QED) is 0.701. The maximum absolute atomic E-state index is 3.72. The van der Waals surface area contributed by atoms with Crippen LogP contribution in [-0.2, 0) is 6.42 Å². The van der Waals surface area contributed by atoms with Crippen molar-refractivity contribution in [2.24, 2.45) is 0 Å². The fourth-order valence-electron chi connectivity index (χ4n) is 2.75. The minimum atomic E-state index is 0.613. The van der Waals surface area contributed by atoms with Gasteiger partial charge in [-0.3, -0.25) is 0 Å². The normalized spacial score (nSPS) is 17.5. The van der Waals surface area contributed by atoms with Gasteiger partial charge in [0, 0.05) is 21.5 Å². The molecule has 0 radical (unpaired) electrons. The Balaban J connectivity index is 1.83. The van der Waals surface area contributed by atoms with E-state index in [0.717, 1.165) is 18.2 Å². The summed E-state index contributed by atoms with van der Waals surface area (Å²) in [6.07, 6.45) is 8.11. The summed E-state index contributed by atoms with van der Waals surface area (Å²) < 4.78 is 1.17. The van der Waals surface area contributed by atoms with Gasteiger partial charge in [-0.05, 0) is 49.9 Å². The fraction of sp³-hybridized carbons (Fsp3) is 0.647. The van der Waals surface area contributed by atoms with Gasteiger partial charge in [-0.15, -0.1) is 0 Å². The molecular formula is C17H26BrNS. The summed E-state index contributed by atoms with van der Waals surface area (Å²) in [6.45, 7) is 3.38. The average Bonchev–Trinajstić information content (AvgIpc) is 2.97. The Bertz CT molecular complexity index is 373. The average molecular weight is 356 g/mol. The van der Waals surface area contributed by atoms with Crippen LogP contribution in [0.4, 0.5) is 0 Å². The first kappa shape index (κ1) is 16.4. The van der Waals surface area contributed by atoms with Gasteiger partial charge in [-0.25, -0.2) is 0 Å². The first-order valence-electron chi connectivity index (χ1n) is 7.87. The topological polar surface area (TPSA) is 12.0 Å². The zero-order valence-electron chi connectivity index (χ0n) is 12.4. The maximum atomic E-state index is 3.72. The van der Waals surface area contributed by atoms with Gasteiger partial charge in [0.05, 0.1) is 0 Å². The van der Waals surface area contributed by atoms with Gasteiger partial charge in [0.2, 0.25) is 0 Å².